The molecule has 2 nitrogen and oxygen atoms in total. The molecule has 0 aliphatic carbocycles. The fourth-order valence-electron chi connectivity index (χ4n) is 2.38. The molecular formula is C12H19ClN2S. The molecule has 4 heteroatoms. The number of hydrogen-bond donors (Lipinski definition) is 0. The smallest absolute Gasteiger partial charge is 0.185 e. The number of thiazole rings is 1. The van der Waals surface area contributed by atoms with Crippen LogP contribution in [-0.4, -0.2) is 17.6 Å². The van der Waals surface area contributed by atoms with E-state index in [0.29, 0.717) is 11.9 Å². The van der Waals surface area contributed by atoms with Crippen LogP contribution in [0.5, 0.6) is 0 Å². The molecule has 90 valence electrons. The maximum atomic E-state index is 5.80. The second kappa shape index (κ2) is 5.87. The van der Waals surface area contributed by atoms with Crippen molar-refractivity contribution in [1.82, 2.24) is 4.98 Å². The molecule has 1 unspecified atom stereocenters. The summed E-state index contributed by atoms with van der Waals surface area (Å²) in [5, 5.41) is 3.26. The average molecular weight is 259 g/mol. The molecular weight excluding hydrogens is 240 g/mol. The number of nitrogens with zero attached hydrogens (tertiary/aromatic N) is 2. The summed E-state index contributed by atoms with van der Waals surface area (Å²) in [7, 11) is 0. The number of halogens is 1. The lowest BCUT2D eigenvalue weighted by molar-refractivity contribution is 0.434. The highest BCUT2D eigenvalue weighted by Gasteiger charge is 2.23. The van der Waals surface area contributed by atoms with Crippen molar-refractivity contribution in [3.63, 3.8) is 0 Å². The Kier molecular flexibility index (Phi) is 4.47. The summed E-state index contributed by atoms with van der Waals surface area (Å²) in [5.74, 6) is 0.531. The molecule has 1 aromatic rings. The maximum absolute atomic E-state index is 5.80. The van der Waals surface area contributed by atoms with Crippen LogP contribution in [0.25, 0.3) is 0 Å². The summed E-state index contributed by atoms with van der Waals surface area (Å²) in [6.07, 6.45) is 6.54. The van der Waals surface area contributed by atoms with Crippen LogP contribution in [0.1, 0.15) is 44.7 Å². The molecule has 1 atom stereocenters. The third-order valence-electron chi connectivity index (χ3n) is 3.17. The van der Waals surface area contributed by atoms with Crippen molar-refractivity contribution in [1.29, 1.82) is 0 Å². The molecule has 1 saturated heterocycles. The second-order valence-electron chi connectivity index (χ2n) is 4.39. The molecule has 2 rings (SSSR count). The lowest BCUT2D eigenvalue weighted by Gasteiger charge is -2.35. The van der Waals surface area contributed by atoms with Crippen LogP contribution in [0.4, 0.5) is 5.13 Å². The number of anilines is 1. The van der Waals surface area contributed by atoms with E-state index in [0.717, 1.165) is 5.69 Å². The van der Waals surface area contributed by atoms with E-state index in [4.69, 9.17) is 11.6 Å². The average Bonchev–Trinajstić information content (AvgIpc) is 2.79. The van der Waals surface area contributed by atoms with Gasteiger partial charge in [0.1, 0.15) is 0 Å². The van der Waals surface area contributed by atoms with Gasteiger partial charge in [0.25, 0.3) is 0 Å². The van der Waals surface area contributed by atoms with Gasteiger partial charge in [0.15, 0.2) is 5.13 Å². The van der Waals surface area contributed by atoms with Crippen molar-refractivity contribution in [3.05, 3.63) is 11.1 Å². The van der Waals surface area contributed by atoms with Crippen molar-refractivity contribution in [3.8, 4) is 0 Å². The fraction of sp³-hybridized carbons (Fsp3) is 0.750. The van der Waals surface area contributed by atoms with Gasteiger partial charge in [0, 0.05) is 18.0 Å². The molecule has 0 N–H and O–H groups in total. The lowest BCUT2D eigenvalue weighted by Crippen LogP contribution is -2.39. The first-order valence-electron chi connectivity index (χ1n) is 6.12. The van der Waals surface area contributed by atoms with E-state index < -0.39 is 0 Å². The summed E-state index contributed by atoms with van der Waals surface area (Å²) in [6, 6.07) is 0.702. The first-order valence-corrected chi connectivity index (χ1v) is 7.53. The number of aromatic nitrogens is 1. The molecule has 16 heavy (non-hydrogen) atoms. The number of rotatable bonds is 4. The normalized spacial score (nSPS) is 21.4. The van der Waals surface area contributed by atoms with Gasteiger partial charge >= 0.3 is 0 Å². The monoisotopic (exact) mass is 258 g/mol. The van der Waals surface area contributed by atoms with Crippen molar-refractivity contribution < 1.29 is 0 Å². The highest BCUT2D eigenvalue weighted by atomic mass is 35.5. The molecule has 2 heterocycles. The van der Waals surface area contributed by atoms with Gasteiger partial charge in [-0.3, -0.25) is 0 Å². The fourth-order valence-corrected chi connectivity index (χ4v) is 3.53. The molecule has 1 aromatic heterocycles. The topological polar surface area (TPSA) is 16.1 Å². The van der Waals surface area contributed by atoms with Crippen LogP contribution in [0.3, 0.4) is 0 Å². The van der Waals surface area contributed by atoms with Gasteiger partial charge < -0.3 is 4.90 Å². The van der Waals surface area contributed by atoms with Gasteiger partial charge in [0.05, 0.1) is 11.6 Å². The predicted molar refractivity (Wildman–Crippen MR) is 71.6 cm³/mol. The largest absolute Gasteiger partial charge is 0.345 e. The van der Waals surface area contributed by atoms with Crippen molar-refractivity contribution in [2.45, 2.75) is 50.9 Å². The van der Waals surface area contributed by atoms with Crippen molar-refractivity contribution in [2.24, 2.45) is 0 Å². The molecule has 0 bridgehead atoms. The number of piperidine rings is 1. The Balaban J connectivity index is 2.09. The van der Waals surface area contributed by atoms with Gasteiger partial charge in [-0.05, 0) is 25.7 Å². The van der Waals surface area contributed by atoms with Gasteiger partial charge in [0.2, 0.25) is 0 Å². The summed E-state index contributed by atoms with van der Waals surface area (Å²) in [4.78, 5) is 7.09. The Bertz CT molecular complexity index is 325. The zero-order valence-corrected chi connectivity index (χ0v) is 11.4. The van der Waals surface area contributed by atoms with E-state index >= 15 is 0 Å². The summed E-state index contributed by atoms with van der Waals surface area (Å²) < 4.78 is 0. The third-order valence-corrected chi connectivity index (χ3v) is 4.37. The summed E-state index contributed by atoms with van der Waals surface area (Å²) in [6.45, 7) is 3.43. The molecule has 1 fully saturated rings. The molecule has 0 radical (unpaired) electrons. The zero-order valence-electron chi connectivity index (χ0n) is 9.79. The van der Waals surface area contributed by atoms with E-state index in [-0.39, 0.29) is 0 Å². The van der Waals surface area contributed by atoms with Crippen molar-refractivity contribution in [2.75, 3.05) is 11.4 Å². The standard InChI is InChI=1S/C12H19ClN2S/c1-2-5-11-6-3-4-7-15(11)12-14-10(8-13)9-16-12/h9,11H,2-8H2,1H3. The predicted octanol–water partition coefficient (Wildman–Crippen LogP) is 4.04. The van der Waals surface area contributed by atoms with Gasteiger partial charge in [-0.15, -0.1) is 22.9 Å². The molecule has 0 amide bonds. The highest BCUT2D eigenvalue weighted by Crippen LogP contribution is 2.30. The van der Waals surface area contributed by atoms with E-state index in [1.807, 2.05) is 0 Å². The Labute approximate surface area is 107 Å². The SMILES string of the molecule is CCCC1CCCCN1c1nc(CCl)cs1. The summed E-state index contributed by atoms with van der Waals surface area (Å²) in [5.41, 5.74) is 1.02. The quantitative estimate of drug-likeness (QED) is 0.758. The molecule has 0 aromatic carbocycles. The van der Waals surface area contributed by atoms with Crippen molar-refractivity contribution >= 4 is 28.1 Å². The number of hydrogen-bond acceptors (Lipinski definition) is 3. The Hall–Kier alpha value is -0.280. The minimum absolute atomic E-state index is 0.531. The lowest BCUT2D eigenvalue weighted by atomic mass is 9.99. The first-order chi connectivity index (χ1) is 7.85. The van der Waals surface area contributed by atoms with E-state index in [1.54, 1.807) is 11.3 Å². The molecule has 0 spiro atoms. The molecule has 1 aliphatic heterocycles. The third kappa shape index (κ3) is 2.69. The number of alkyl halides is 1. The molecule has 0 saturated carbocycles. The Morgan fingerprint density at radius 1 is 1.56 bits per heavy atom. The van der Waals surface area contributed by atoms with E-state index in [1.165, 1.54) is 43.8 Å². The highest BCUT2D eigenvalue weighted by molar-refractivity contribution is 7.13. The Morgan fingerprint density at radius 2 is 2.44 bits per heavy atom. The second-order valence-corrected chi connectivity index (χ2v) is 5.49. The minimum atomic E-state index is 0.531. The van der Waals surface area contributed by atoms with Gasteiger partial charge in [-0.25, -0.2) is 4.98 Å². The van der Waals surface area contributed by atoms with Crippen LogP contribution in [0.15, 0.2) is 5.38 Å². The van der Waals surface area contributed by atoms with Crippen LogP contribution in [0.2, 0.25) is 0 Å². The zero-order chi connectivity index (χ0) is 11.4. The van der Waals surface area contributed by atoms with Gasteiger partial charge in [-0.2, -0.15) is 0 Å². The van der Waals surface area contributed by atoms with Crippen LogP contribution >= 0.6 is 22.9 Å². The summed E-state index contributed by atoms with van der Waals surface area (Å²) >= 11 is 7.54. The first kappa shape index (κ1) is 12.2. The van der Waals surface area contributed by atoms with Crippen LogP contribution in [0, 0.1) is 0 Å². The molecule has 1 aliphatic rings. The maximum Gasteiger partial charge on any atom is 0.185 e. The minimum Gasteiger partial charge on any atom is -0.345 e. The van der Waals surface area contributed by atoms with E-state index in [2.05, 4.69) is 22.2 Å². The van der Waals surface area contributed by atoms with Crippen LogP contribution in [-0.2, 0) is 5.88 Å². The van der Waals surface area contributed by atoms with Gasteiger partial charge in [-0.1, -0.05) is 13.3 Å². The van der Waals surface area contributed by atoms with Crippen LogP contribution < -0.4 is 4.90 Å². The Morgan fingerprint density at radius 3 is 3.12 bits per heavy atom. The van der Waals surface area contributed by atoms with E-state index in [9.17, 15) is 0 Å².